The summed E-state index contributed by atoms with van der Waals surface area (Å²) in [6, 6.07) is 1.25. The molecular formula is C7H6NO3-. The van der Waals surface area contributed by atoms with Crippen LogP contribution in [-0.2, 0) is 0 Å². The maximum absolute atomic E-state index is 10.6. The SMILES string of the molecule is CC(=O)c1c[nH]c(C(=O)[O-])c1. The normalized spacial score (nSPS) is 9.55. The van der Waals surface area contributed by atoms with Gasteiger partial charge < -0.3 is 14.9 Å². The fraction of sp³-hybridized carbons (Fsp3) is 0.143. The van der Waals surface area contributed by atoms with Gasteiger partial charge in [-0.15, -0.1) is 0 Å². The van der Waals surface area contributed by atoms with E-state index in [2.05, 4.69) is 4.98 Å². The number of Topliss-reactive ketones (excluding diaryl/α,β-unsaturated/α-hetero) is 1. The van der Waals surface area contributed by atoms with Crippen LogP contribution in [0.15, 0.2) is 12.3 Å². The molecule has 0 aromatic carbocycles. The van der Waals surface area contributed by atoms with E-state index in [0.717, 1.165) is 0 Å². The molecule has 4 nitrogen and oxygen atoms in total. The summed E-state index contributed by atoms with van der Waals surface area (Å²) in [5.41, 5.74) is 0.277. The number of ketones is 1. The van der Waals surface area contributed by atoms with Crippen molar-refractivity contribution in [1.82, 2.24) is 4.98 Å². The third-order valence-corrected chi connectivity index (χ3v) is 1.31. The molecule has 0 amide bonds. The fourth-order valence-corrected chi connectivity index (χ4v) is 0.715. The van der Waals surface area contributed by atoms with Crippen molar-refractivity contribution in [3.05, 3.63) is 23.5 Å². The molecule has 1 aromatic heterocycles. The van der Waals surface area contributed by atoms with Crippen molar-refractivity contribution in [3.8, 4) is 0 Å². The summed E-state index contributed by atoms with van der Waals surface area (Å²) < 4.78 is 0. The molecule has 0 unspecified atom stereocenters. The van der Waals surface area contributed by atoms with Crippen LogP contribution in [0, 0.1) is 0 Å². The monoisotopic (exact) mass is 152 g/mol. The Morgan fingerprint density at radius 2 is 2.18 bits per heavy atom. The van der Waals surface area contributed by atoms with Crippen LogP contribution in [0.25, 0.3) is 0 Å². The summed E-state index contributed by atoms with van der Waals surface area (Å²) in [5.74, 6) is -1.48. The van der Waals surface area contributed by atoms with Crippen LogP contribution in [0.4, 0.5) is 0 Å². The topological polar surface area (TPSA) is 73.0 Å². The summed E-state index contributed by atoms with van der Waals surface area (Å²) in [6.45, 7) is 1.36. The van der Waals surface area contributed by atoms with E-state index >= 15 is 0 Å². The van der Waals surface area contributed by atoms with Gasteiger partial charge in [0, 0.05) is 11.8 Å². The number of carboxylic acid groups (broad SMARTS) is 1. The van der Waals surface area contributed by atoms with Crippen molar-refractivity contribution in [2.24, 2.45) is 0 Å². The first-order chi connectivity index (χ1) is 5.11. The maximum atomic E-state index is 10.6. The molecule has 0 fully saturated rings. The van der Waals surface area contributed by atoms with Gasteiger partial charge in [0.1, 0.15) is 0 Å². The largest absolute Gasteiger partial charge is 0.543 e. The molecule has 0 aliphatic heterocycles. The summed E-state index contributed by atoms with van der Waals surface area (Å²) in [5, 5.41) is 10.2. The number of rotatable bonds is 2. The molecule has 1 aromatic rings. The van der Waals surface area contributed by atoms with Crippen LogP contribution in [0.2, 0.25) is 0 Å². The Hall–Kier alpha value is -1.58. The van der Waals surface area contributed by atoms with Gasteiger partial charge in [0.25, 0.3) is 0 Å². The second-order valence-corrected chi connectivity index (χ2v) is 2.15. The molecule has 1 heterocycles. The van der Waals surface area contributed by atoms with Crippen LogP contribution in [0.1, 0.15) is 27.8 Å². The minimum Gasteiger partial charge on any atom is -0.543 e. The Labute approximate surface area is 62.9 Å². The average Bonchev–Trinajstić information content (AvgIpc) is 2.33. The van der Waals surface area contributed by atoms with E-state index in [9.17, 15) is 14.7 Å². The summed E-state index contributed by atoms with van der Waals surface area (Å²) in [4.78, 5) is 23.2. The zero-order valence-corrected chi connectivity index (χ0v) is 5.88. The van der Waals surface area contributed by atoms with Gasteiger partial charge in [-0.05, 0) is 13.0 Å². The number of carbonyl (C=O) groups excluding carboxylic acids is 2. The number of carbonyl (C=O) groups is 2. The second kappa shape index (κ2) is 2.57. The first-order valence-electron chi connectivity index (χ1n) is 3.02. The molecule has 4 heteroatoms. The van der Waals surface area contributed by atoms with Crippen molar-refractivity contribution in [2.75, 3.05) is 0 Å². The lowest BCUT2D eigenvalue weighted by atomic mass is 10.2. The van der Waals surface area contributed by atoms with E-state index in [1.807, 2.05) is 0 Å². The van der Waals surface area contributed by atoms with Crippen molar-refractivity contribution < 1.29 is 14.7 Å². The van der Waals surface area contributed by atoms with Crippen LogP contribution in [0.5, 0.6) is 0 Å². The first-order valence-corrected chi connectivity index (χ1v) is 3.02. The Morgan fingerprint density at radius 3 is 2.45 bits per heavy atom. The Balaban J connectivity index is 2.99. The van der Waals surface area contributed by atoms with Gasteiger partial charge in [0.05, 0.1) is 11.7 Å². The highest BCUT2D eigenvalue weighted by atomic mass is 16.4. The Morgan fingerprint density at radius 1 is 1.55 bits per heavy atom. The number of aromatic carboxylic acids is 1. The Bertz CT molecular complexity index is 272. The molecule has 0 saturated carbocycles. The number of aromatic nitrogens is 1. The Kier molecular flexibility index (Phi) is 1.76. The van der Waals surface area contributed by atoms with Crippen molar-refractivity contribution in [3.63, 3.8) is 0 Å². The van der Waals surface area contributed by atoms with Gasteiger partial charge in [0.2, 0.25) is 0 Å². The van der Waals surface area contributed by atoms with E-state index < -0.39 is 5.97 Å². The van der Waals surface area contributed by atoms with Gasteiger partial charge in [0.15, 0.2) is 5.78 Å². The molecular weight excluding hydrogens is 146 g/mol. The third-order valence-electron chi connectivity index (χ3n) is 1.31. The number of hydrogen-bond acceptors (Lipinski definition) is 3. The molecule has 0 radical (unpaired) electrons. The van der Waals surface area contributed by atoms with Crippen molar-refractivity contribution in [2.45, 2.75) is 6.92 Å². The van der Waals surface area contributed by atoms with E-state index in [1.54, 1.807) is 0 Å². The van der Waals surface area contributed by atoms with E-state index in [-0.39, 0.29) is 11.5 Å². The van der Waals surface area contributed by atoms with Crippen molar-refractivity contribution >= 4 is 11.8 Å². The van der Waals surface area contributed by atoms with Gasteiger partial charge in [-0.3, -0.25) is 4.79 Å². The zero-order valence-electron chi connectivity index (χ0n) is 5.88. The smallest absolute Gasteiger partial charge is 0.161 e. The predicted octanol–water partition coefficient (Wildman–Crippen LogP) is -0.419. The standard InChI is InChI=1S/C7H7NO3/c1-4(9)5-2-6(7(10)11)8-3-5/h2-3,8H,1H3,(H,10,11)/p-1. The predicted molar refractivity (Wildman–Crippen MR) is 35.1 cm³/mol. The highest BCUT2D eigenvalue weighted by molar-refractivity contribution is 5.96. The average molecular weight is 152 g/mol. The summed E-state index contributed by atoms with van der Waals surface area (Å²) in [6.07, 6.45) is 1.34. The number of aromatic amines is 1. The van der Waals surface area contributed by atoms with Gasteiger partial charge in [-0.1, -0.05) is 0 Å². The van der Waals surface area contributed by atoms with E-state index in [4.69, 9.17) is 0 Å². The lowest BCUT2D eigenvalue weighted by Gasteiger charge is -1.93. The zero-order chi connectivity index (χ0) is 8.43. The fourth-order valence-electron chi connectivity index (χ4n) is 0.715. The molecule has 0 spiro atoms. The highest BCUT2D eigenvalue weighted by Crippen LogP contribution is 2.02. The van der Waals surface area contributed by atoms with E-state index in [0.29, 0.717) is 5.56 Å². The van der Waals surface area contributed by atoms with Crippen LogP contribution in [-0.4, -0.2) is 16.7 Å². The highest BCUT2D eigenvalue weighted by Gasteiger charge is 2.02. The molecule has 58 valence electrons. The van der Waals surface area contributed by atoms with Crippen molar-refractivity contribution in [1.29, 1.82) is 0 Å². The number of carboxylic acids is 1. The van der Waals surface area contributed by atoms with Gasteiger partial charge in [-0.25, -0.2) is 0 Å². The lowest BCUT2D eigenvalue weighted by molar-refractivity contribution is -0.255. The molecule has 0 bridgehead atoms. The first kappa shape index (κ1) is 7.53. The summed E-state index contributed by atoms with van der Waals surface area (Å²) >= 11 is 0. The molecule has 1 N–H and O–H groups in total. The maximum Gasteiger partial charge on any atom is 0.161 e. The minimum absolute atomic E-state index is 0.0739. The molecule has 1 rings (SSSR count). The molecule has 0 saturated heterocycles. The van der Waals surface area contributed by atoms with Crippen LogP contribution in [0.3, 0.4) is 0 Å². The third kappa shape index (κ3) is 1.46. The van der Waals surface area contributed by atoms with Gasteiger partial charge >= 0.3 is 0 Å². The second-order valence-electron chi connectivity index (χ2n) is 2.15. The van der Waals surface area contributed by atoms with Crippen LogP contribution < -0.4 is 5.11 Å². The number of nitrogens with one attached hydrogen (secondary N) is 1. The van der Waals surface area contributed by atoms with E-state index in [1.165, 1.54) is 19.2 Å². The number of hydrogen-bond donors (Lipinski definition) is 1. The summed E-state index contributed by atoms with van der Waals surface area (Å²) in [7, 11) is 0. The quantitative estimate of drug-likeness (QED) is 0.585. The molecule has 0 aliphatic rings. The number of H-pyrrole nitrogens is 1. The minimum atomic E-state index is -1.31. The lowest BCUT2D eigenvalue weighted by Crippen LogP contribution is -2.22. The molecule has 0 aliphatic carbocycles. The molecule has 0 atom stereocenters. The van der Waals surface area contributed by atoms with Crippen LogP contribution >= 0.6 is 0 Å². The molecule has 11 heavy (non-hydrogen) atoms. The van der Waals surface area contributed by atoms with Gasteiger partial charge in [-0.2, -0.15) is 0 Å².